The van der Waals surface area contributed by atoms with Crippen molar-refractivity contribution in [1.82, 2.24) is 14.9 Å². The summed E-state index contributed by atoms with van der Waals surface area (Å²) in [4.78, 5) is 25.9. The number of nitrogens with one attached hydrogen (secondary N) is 1. The number of aliphatic hydroxyl groups is 1. The molecule has 0 aromatic carbocycles. The maximum Gasteiger partial charge on any atom is 0.223 e. The van der Waals surface area contributed by atoms with Crippen LogP contribution in [0.15, 0.2) is 5.38 Å². The number of hydrogen-bond acceptors (Lipinski definition) is 8. The van der Waals surface area contributed by atoms with Crippen LogP contribution in [0.1, 0.15) is 12.6 Å². The van der Waals surface area contributed by atoms with Gasteiger partial charge < -0.3 is 15.3 Å². The second-order valence-corrected chi connectivity index (χ2v) is 7.52. The maximum atomic E-state index is 11.2. The highest BCUT2D eigenvalue weighted by atomic mass is 32.1. The van der Waals surface area contributed by atoms with Gasteiger partial charge in [-0.2, -0.15) is 0 Å². The van der Waals surface area contributed by atoms with Crippen molar-refractivity contribution in [2.45, 2.75) is 13.8 Å². The fourth-order valence-corrected chi connectivity index (χ4v) is 4.57. The molecule has 0 unspecified atom stereocenters. The monoisotopic (exact) mass is 367 g/mol. The van der Waals surface area contributed by atoms with Crippen molar-refractivity contribution in [3.05, 3.63) is 11.1 Å². The van der Waals surface area contributed by atoms with E-state index in [0.29, 0.717) is 5.13 Å². The molecule has 0 saturated carbocycles. The van der Waals surface area contributed by atoms with Crippen molar-refractivity contribution >= 4 is 38.8 Å². The standard InChI is InChI=1S/C15H21N5O2S2/c1-10-13(24-14(16-10)17-11(2)22)12-9-23-15(18-12)20-5-3-19(4-6-20)7-8-21/h9,21H,3-8H2,1-2H3,(H,16,17,22). The van der Waals surface area contributed by atoms with Crippen LogP contribution in [0, 0.1) is 6.92 Å². The number of aryl methyl sites for hydroxylation is 1. The van der Waals surface area contributed by atoms with Crippen molar-refractivity contribution in [2.24, 2.45) is 0 Å². The third-order valence-electron chi connectivity index (χ3n) is 3.86. The van der Waals surface area contributed by atoms with E-state index < -0.39 is 0 Å². The Kier molecular flexibility index (Phi) is 5.44. The molecular formula is C15H21N5O2S2. The third-order valence-corrected chi connectivity index (χ3v) is 5.86. The number of aromatic nitrogens is 2. The molecule has 1 saturated heterocycles. The molecule has 1 amide bonds. The number of amides is 1. The molecule has 0 radical (unpaired) electrons. The van der Waals surface area contributed by atoms with Gasteiger partial charge in [0.15, 0.2) is 10.3 Å². The lowest BCUT2D eigenvalue weighted by Gasteiger charge is -2.34. The normalized spacial score (nSPS) is 15.7. The second-order valence-electron chi connectivity index (χ2n) is 5.68. The number of piperazine rings is 1. The van der Waals surface area contributed by atoms with Crippen LogP contribution in [0.2, 0.25) is 0 Å². The third kappa shape index (κ3) is 3.92. The van der Waals surface area contributed by atoms with E-state index in [1.54, 1.807) is 11.3 Å². The molecule has 3 rings (SSSR count). The first kappa shape index (κ1) is 17.3. The van der Waals surface area contributed by atoms with Gasteiger partial charge in [0, 0.05) is 45.0 Å². The van der Waals surface area contributed by atoms with E-state index in [1.807, 2.05) is 12.3 Å². The average Bonchev–Trinajstić information content (AvgIpc) is 3.14. The molecule has 2 aromatic rings. The van der Waals surface area contributed by atoms with Gasteiger partial charge >= 0.3 is 0 Å². The molecule has 9 heteroatoms. The first-order valence-corrected chi connectivity index (χ1v) is 9.55. The zero-order chi connectivity index (χ0) is 17.1. The van der Waals surface area contributed by atoms with Crippen LogP contribution in [0.25, 0.3) is 10.6 Å². The molecule has 0 bridgehead atoms. The SMILES string of the molecule is CC(=O)Nc1nc(C)c(-c2csc(N3CCN(CCO)CC3)n2)s1. The number of nitrogens with zero attached hydrogens (tertiary/aromatic N) is 4. The zero-order valence-electron chi connectivity index (χ0n) is 13.8. The zero-order valence-corrected chi connectivity index (χ0v) is 15.4. The second kappa shape index (κ2) is 7.56. The molecule has 0 atom stereocenters. The first-order valence-electron chi connectivity index (χ1n) is 7.86. The molecule has 1 fully saturated rings. The maximum absolute atomic E-state index is 11.2. The smallest absolute Gasteiger partial charge is 0.223 e. The fraction of sp³-hybridized carbons (Fsp3) is 0.533. The number of β-amino-alcohol motifs (C(OH)–C–C–N with tert-alkyl or cyclic N) is 1. The molecule has 24 heavy (non-hydrogen) atoms. The lowest BCUT2D eigenvalue weighted by atomic mass is 10.3. The highest BCUT2D eigenvalue weighted by molar-refractivity contribution is 7.19. The minimum Gasteiger partial charge on any atom is -0.395 e. The van der Waals surface area contributed by atoms with Gasteiger partial charge in [-0.05, 0) is 6.92 Å². The Morgan fingerprint density at radius 1 is 1.33 bits per heavy atom. The highest BCUT2D eigenvalue weighted by Crippen LogP contribution is 2.35. The summed E-state index contributed by atoms with van der Waals surface area (Å²) >= 11 is 3.09. The molecule has 0 aliphatic carbocycles. The van der Waals surface area contributed by atoms with Crippen molar-refractivity contribution in [3.63, 3.8) is 0 Å². The molecule has 130 valence electrons. The number of carbonyl (C=O) groups is 1. The van der Waals surface area contributed by atoms with Crippen LogP contribution in [0.5, 0.6) is 0 Å². The summed E-state index contributed by atoms with van der Waals surface area (Å²) in [6.07, 6.45) is 0. The number of carbonyl (C=O) groups excluding carboxylic acids is 1. The number of anilines is 2. The molecular weight excluding hydrogens is 346 g/mol. The van der Waals surface area contributed by atoms with E-state index in [9.17, 15) is 4.79 Å². The van der Waals surface area contributed by atoms with E-state index in [1.165, 1.54) is 18.3 Å². The van der Waals surface area contributed by atoms with Gasteiger partial charge in [-0.15, -0.1) is 11.3 Å². The van der Waals surface area contributed by atoms with E-state index >= 15 is 0 Å². The first-order chi connectivity index (χ1) is 11.6. The van der Waals surface area contributed by atoms with Gasteiger partial charge in [0.25, 0.3) is 0 Å². The largest absolute Gasteiger partial charge is 0.395 e. The van der Waals surface area contributed by atoms with Crippen molar-refractivity contribution < 1.29 is 9.90 Å². The van der Waals surface area contributed by atoms with Gasteiger partial charge in [-0.1, -0.05) is 11.3 Å². The summed E-state index contributed by atoms with van der Waals surface area (Å²) in [7, 11) is 0. The summed E-state index contributed by atoms with van der Waals surface area (Å²) in [5, 5.41) is 15.4. The summed E-state index contributed by atoms with van der Waals surface area (Å²) in [6.45, 7) is 8.10. The van der Waals surface area contributed by atoms with Gasteiger partial charge in [0.2, 0.25) is 5.91 Å². The Morgan fingerprint density at radius 3 is 2.75 bits per heavy atom. The van der Waals surface area contributed by atoms with Gasteiger partial charge in [0.05, 0.1) is 22.9 Å². The van der Waals surface area contributed by atoms with Crippen LogP contribution in [0.3, 0.4) is 0 Å². The summed E-state index contributed by atoms with van der Waals surface area (Å²) in [6, 6.07) is 0. The Morgan fingerprint density at radius 2 is 2.08 bits per heavy atom. The minimum atomic E-state index is -0.116. The highest BCUT2D eigenvalue weighted by Gasteiger charge is 2.20. The van der Waals surface area contributed by atoms with Crippen molar-refractivity contribution in [2.75, 3.05) is 49.5 Å². The van der Waals surface area contributed by atoms with E-state index in [-0.39, 0.29) is 12.5 Å². The summed E-state index contributed by atoms with van der Waals surface area (Å²) in [5.41, 5.74) is 1.80. The molecule has 7 nitrogen and oxygen atoms in total. The van der Waals surface area contributed by atoms with Gasteiger partial charge in [-0.3, -0.25) is 9.69 Å². The lowest BCUT2D eigenvalue weighted by molar-refractivity contribution is -0.114. The van der Waals surface area contributed by atoms with E-state index in [2.05, 4.69) is 20.1 Å². The van der Waals surface area contributed by atoms with Crippen LogP contribution in [0.4, 0.5) is 10.3 Å². The van der Waals surface area contributed by atoms with Crippen LogP contribution in [-0.2, 0) is 4.79 Å². The van der Waals surface area contributed by atoms with E-state index in [0.717, 1.165) is 54.1 Å². The quantitative estimate of drug-likeness (QED) is 0.836. The van der Waals surface area contributed by atoms with Crippen molar-refractivity contribution in [3.8, 4) is 10.6 Å². The Hall–Kier alpha value is -1.55. The predicted molar refractivity (Wildman–Crippen MR) is 98.0 cm³/mol. The lowest BCUT2D eigenvalue weighted by Crippen LogP contribution is -2.47. The summed E-state index contributed by atoms with van der Waals surface area (Å²) in [5.74, 6) is -0.116. The molecule has 1 aliphatic rings. The Bertz CT molecular complexity index is 707. The van der Waals surface area contributed by atoms with Gasteiger partial charge in [0.1, 0.15) is 0 Å². The van der Waals surface area contributed by atoms with Crippen LogP contribution in [-0.4, -0.2) is 65.2 Å². The molecule has 3 heterocycles. The molecule has 0 spiro atoms. The Balaban J connectivity index is 1.70. The molecule has 2 N–H and O–H groups in total. The fourth-order valence-electron chi connectivity index (χ4n) is 2.66. The topological polar surface area (TPSA) is 81.6 Å². The van der Waals surface area contributed by atoms with E-state index in [4.69, 9.17) is 10.1 Å². The average molecular weight is 368 g/mol. The predicted octanol–water partition coefficient (Wildman–Crippen LogP) is 1.65. The summed E-state index contributed by atoms with van der Waals surface area (Å²) < 4.78 is 0. The Labute approximate surface area is 149 Å². The van der Waals surface area contributed by atoms with Crippen molar-refractivity contribution in [1.29, 1.82) is 0 Å². The van der Waals surface area contributed by atoms with Gasteiger partial charge in [-0.25, -0.2) is 9.97 Å². The molecule has 1 aliphatic heterocycles. The minimum absolute atomic E-state index is 0.116. The number of thiazole rings is 2. The number of rotatable bonds is 5. The van der Waals surface area contributed by atoms with Crippen LogP contribution < -0.4 is 10.2 Å². The van der Waals surface area contributed by atoms with Crippen LogP contribution >= 0.6 is 22.7 Å². The number of hydrogen-bond donors (Lipinski definition) is 2. The molecule has 2 aromatic heterocycles. The number of aliphatic hydroxyl groups excluding tert-OH is 1.